The van der Waals surface area contributed by atoms with Crippen LogP contribution in [-0.4, -0.2) is 9.97 Å². The van der Waals surface area contributed by atoms with Crippen molar-refractivity contribution in [3.05, 3.63) is 66.4 Å². The van der Waals surface area contributed by atoms with Crippen molar-refractivity contribution in [2.24, 2.45) is 0 Å². The molecule has 0 spiro atoms. The van der Waals surface area contributed by atoms with Crippen LogP contribution in [0.2, 0.25) is 0 Å². The maximum atomic E-state index is 13.2. The number of halogens is 1. The number of H-pyrrole nitrogens is 1. The first-order valence-corrected chi connectivity index (χ1v) is 7.35. The van der Waals surface area contributed by atoms with Crippen molar-refractivity contribution in [2.45, 2.75) is 26.2 Å². The van der Waals surface area contributed by atoms with E-state index in [1.54, 1.807) is 18.3 Å². The van der Waals surface area contributed by atoms with E-state index in [0.717, 1.165) is 28.1 Å². The summed E-state index contributed by atoms with van der Waals surface area (Å²) in [6.45, 7) is 6.50. The molecule has 0 aliphatic heterocycles. The van der Waals surface area contributed by atoms with Crippen LogP contribution in [0.15, 0.2) is 54.9 Å². The van der Waals surface area contributed by atoms with Gasteiger partial charge in [-0.3, -0.25) is 4.98 Å². The van der Waals surface area contributed by atoms with Crippen LogP contribution in [0.25, 0.3) is 22.4 Å². The van der Waals surface area contributed by atoms with Crippen molar-refractivity contribution in [1.82, 2.24) is 9.97 Å². The van der Waals surface area contributed by atoms with Gasteiger partial charge in [-0.15, -0.1) is 0 Å². The van der Waals surface area contributed by atoms with Crippen LogP contribution in [0.4, 0.5) is 4.39 Å². The van der Waals surface area contributed by atoms with Crippen molar-refractivity contribution >= 4 is 0 Å². The highest BCUT2D eigenvalue weighted by atomic mass is 19.1. The quantitative estimate of drug-likeness (QED) is 0.693. The molecule has 0 aliphatic carbocycles. The van der Waals surface area contributed by atoms with Crippen LogP contribution in [0.1, 0.15) is 26.5 Å². The predicted molar refractivity (Wildman–Crippen MR) is 88.1 cm³/mol. The fraction of sp³-hybridized carbons (Fsp3) is 0.211. The maximum absolute atomic E-state index is 13.2. The Labute approximate surface area is 130 Å². The third-order valence-electron chi connectivity index (χ3n) is 3.73. The lowest BCUT2D eigenvalue weighted by molar-refractivity contribution is 0.573. The highest BCUT2D eigenvalue weighted by Gasteiger charge is 2.20. The van der Waals surface area contributed by atoms with Gasteiger partial charge in [-0.05, 0) is 42.0 Å². The summed E-state index contributed by atoms with van der Waals surface area (Å²) in [7, 11) is 0. The van der Waals surface area contributed by atoms with E-state index in [-0.39, 0.29) is 11.2 Å². The monoisotopic (exact) mass is 294 g/mol. The second-order valence-electron chi connectivity index (χ2n) is 6.47. The van der Waals surface area contributed by atoms with E-state index in [1.807, 2.05) is 18.3 Å². The zero-order valence-electron chi connectivity index (χ0n) is 13.0. The molecular formula is C19H19FN2. The SMILES string of the molecule is CC(C)(C)c1cc(-c2cccnc2)c(-c2ccc(F)cc2)[nH]1. The zero-order valence-corrected chi connectivity index (χ0v) is 13.0. The van der Waals surface area contributed by atoms with E-state index in [4.69, 9.17) is 0 Å². The molecule has 22 heavy (non-hydrogen) atoms. The number of nitrogens with one attached hydrogen (secondary N) is 1. The molecule has 1 N–H and O–H groups in total. The van der Waals surface area contributed by atoms with Crippen LogP contribution in [-0.2, 0) is 5.41 Å². The van der Waals surface area contributed by atoms with Gasteiger partial charge in [0.15, 0.2) is 0 Å². The van der Waals surface area contributed by atoms with Gasteiger partial charge in [0.05, 0.1) is 5.69 Å². The molecule has 2 aromatic heterocycles. The first-order chi connectivity index (χ1) is 10.4. The molecule has 2 heterocycles. The number of hydrogen-bond donors (Lipinski definition) is 1. The van der Waals surface area contributed by atoms with Crippen LogP contribution in [0.3, 0.4) is 0 Å². The summed E-state index contributed by atoms with van der Waals surface area (Å²) in [4.78, 5) is 7.71. The molecule has 3 rings (SSSR count). The number of rotatable bonds is 2. The second-order valence-corrected chi connectivity index (χ2v) is 6.47. The Morgan fingerprint density at radius 3 is 2.32 bits per heavy atom. The van der Waals surface area contributed by atoms with Crippen molar-refractivity contribution < 1.29 is 4.39 Å². The summed E-state index contributed by atoms with van der Waals surface area (Å²) in [5.41, 5.74) is 5.26. The third kappa shape index (κ3) is 2.80. The minimum Gasteiger partial charge on any atom is -0.357 e. The summed E-state index contributed by atoms with van der Waals surface area (Å²) in [6.07, 6.45) is 3.61. The average molecular weight is 294 g/mol. The summed E-state index contributed by atoms with van der Waals surface area (Å²) in [6, 6.07) is 12.7. The van der Waals surface area contributed by atoms with Crippen molar-refractivity contribution in [3.63, 3.8) is 0 Å². The molecule has 3 heteroatoms. The zero-order chi connectivity index (χ0) is 15.7. The van der Waals surface area contributed by atoms with Gasteiger partial charge in [0, 0.05) is 34.6 Å². The van der Waals surface area contributed by atoms with Crippen molar-refractivity contribution in [2.75, 3.05) is 0 Å². The number of aromatic nitrogens is 2. The molecule has 112 valence electrons. The maximum Gasteiger partial charge on any atom is 0.123 e. The largest absolute Gasteiger partial charge is 0.357 e. The minimum absolute atomic E-state index is 0.00917. The standard InChI is InChI=1S/C19H19FN2/c1-19(2,3)17-11-16(14-5-4-10-21-12-14)18(22-17)13-6-8-15(20)9-7-13/h4-12,22H,1-3H3. The van der Waals surface area contributed by atoms with Gasteiger partial charge in [-0.25, -0.2) is 4.39 Å². The number of aromatic amines is 1. The van der Waals surface area contributed by atoms with Gasteiger partial charge in [-0.2, -0.15) is 0 Å². The Morgan fingerprint density at radius 1 is 1.00 bits per heavy atom. The van der Waals surface area contributed by atoms with E-state index in [2.05, 4.69) is 36.8 Å². The van der Waals surface area contributed by atoms with Crippen LogP contribution in [0.5, 0.6) is 0 Å². The molecule has 0 atom stereocenters. The molecule has 0 saturated carbocycles. The molecule has 0 amide bonds. The molecule has 3 aromatic rings. The number of benzene rings is 1. The highest BCUT2D eigenvalue weighted by Crippen LogP contribution is 2.35. The van der Waals surface area contributed by atoms with Crippen molar-refractivity contribution in [3.8, 4) is 22.4 Å². The summed E-state index contributed by atoms with van der Waals surface area (Å²) < 4.78 is 13.2. The average Bonchev–Trinajstić information content (AvgIpc) is 2.94. The molecule has 0 unspecified atom stereocenters. The van der Waals surface area contributed by atoms with E-state index < -0.39 is 0 Å². The van der Waals surface area contributed by atoms with Gasteiger partial charge in [0.1, 0.15) is 5.82 Å². The van der Waals surface area contributed by atoms with Gasteiger partial charge >= 0.3 is 0 Å². The lowest BCUT2D eigenvalue weighted by Crippen LogP contribution is -2.11. The Morgan fingerprint density at radius 2 is 1.73 bits per heavy atom. The van der Waals surface area contributed by atoms with E-state index in [0.29, 0.717) is 0 Å². The van der Waals surface area contributed by atoms with Gasteiger partial charge in [0.25, 0.3) is 0 Å². The van der Waals surface area contributed by atoms with Crippen molar-refractivity contribution in [1.29, 1.82) is 0 Å². The summed E-state index contributed by atoms with van der Waals surface area (Å²) >= 11 is 0. The fourth-order valence-corrected chi connectivity index (χ4v) is 2.45. The lowest BCUT2D eigenvalue weighted by atomic mass is 9.92. The molecular weight excluding hydrogens is 275 g/mol. The Balaban J connectivity index is 2.19. The lowest BCUT2D eigenvalue weighted by Gasteiger charge is -2.16. The molecule has 0 saturated heterocycles. The number of nitrogens with zero attached hydrogens (tertiary/aromatic N) is 1. The topological polar surface area (TPSA) is 28.7 Å². The fourth-order valence-electron chi connectivity index (χ4n) is 2.45. The van der Waals surface area contributed by atoms with E-state index in [9.17, 15) is 4.39 Å². The molecule has 0 fully saturated rings. The van der Waals surface area contributed by atoms with Crippen LogP contribution < -0.4 is 0 Å². The van der Waals surface area contributed by atoms with E-state index in [1.165, 1.54) is 12.1 Å². The summed E-state index contributed by atoms with van der Waals surface area (Å²) in [5.74, 6) is -0.228. The third-order valence-corrected chi connectivity index (χ3v) is 3.73. The molecule has 0 aliphatic rings. The first-order valence-electron chi connectivity index (χ1n) is 7.35. The Bertz CT molecular complexity index is 765. The second kappa shape index (κ2) is 5.41. The minimum atomic E-state index is -0.228. The molecule has 2 nitrogen and oxygen atoms in total. The van der Waals surface area contributed by atoms with Crippen LogP contribution in [0, 0.1) is 5.82 Å². The highest BCUT2D eigenvalue weighted by molar-refractivity contribution is 5.81. The normalized spacial score (nSPS) is 11.6. The van der Waals surface area contributed by atoms with E-state index >= 15 is 0 Å². The van der Waals surface area contributed by atoms with Gasteiger partial charge < -0.3 is 4.98 Å². The predicted octanol–water partition coefficient (Wildman–Crippen LogP) is 5.18. The number of pyridine rings is 1. The molecule has 0 radical (unpaired) electrons. The summed E-state index contributed by atoms with van der Waals surface area (Å²) in [5, 5.41) is 0. The number of hydrogen-bond acceptors (Lipinski definition) is 1. The molecule has 0 bridgehead atoms. The molecule has 1 aromatic carbocycles. The van der Waals surface area contributed by atoms with Gasteiger partial charge in [-0.1, -0.05) is 26.8 Å². The first kappa shape index (κ1) is 14.5. The smallest absolute Gasteiger partial charge is 0.123 e. The van der Waals surface area contributed by atoms with Gasteiger partial charge in [0.2, 0.25) is 0 Å². The Hall–Kier alpha value is -2.42. The Kier molecular flexibility index (Phi) is 3.57. The van der Waals surface area contributed by atoms with Crippen LogP contribution >= 0.6 is 0 Å².